The SMILES string of the molecule is COC1CCCN(Cc2ccc(C#CCO)s2)C1. The van der Waals surface area contributed by atoms with Crippen LogP contribution in [0.15, 0.2) is 12.1 Å². The number of ether oxygens (including phenoxy) is 1. The van der Waals surface area contributed by atoms with E-state index in [1.54, 1.807) is 18.4 Å². The van der Waals surface area contributed by atoms with E-state index < -0.39 is 0 Å². The van der Waals surface area contributed by atoms with E-state index in [-0.39, 0.29) is 6.61 Å². The maximum atomic E-state index is 8.66. The first-order valence-corrected chi connectivity index (χ1v) is 7.07. The van der Waals surface area contributed by atoms with Crippen LogP contribution in [0, 0.1) is 11.8 Å². The molecular weight excluding hydrogens is 246 g/mol. The first-order chi connectivity index (χ1) is 8.81. The van der Waals surface area contributed by atoms with Gasteiger partial charge in [-0.2, -0.15) is 0 Å². The molecule has 1 atom stereocenters. The number of rotatable bonds is 3. The molecule has 0 aromatic carbocycles. The van der Waals surface area contributed by atoms with Gasteiger partial charge in [-0.15, -0.1) is 11.3 Å². The average Bonchev–Trinajstić information content (AvgIpc) is 2.84. The van der Waals surface area contributed by atoms with Gasteiger partial charge in [-0.1, -0.05) is 11.8 Å². The van der Waals surface area contributed by atoms with Crippen LogP contribution in [0.5, 0.6) is 0 Å². The van der Waals surface area contributed by atoms with Gasteiger partial charge in [-0.3, -0.25) is 4.90 Å². The van der Waals surface area contributed by atoms with Crippen molar-refractivity contribution in [2.75, 3.05) is 26.8 Å². The number of hydrogen-bond donors (Lipinski definition) is 1. The predicted molar refractivity (Wildman–Crippen MR) is 73.6 cm³/mol. The zero-order valence-corrected chi connectivity index (χ0v) is 11.5. The Morgan fingerprint density at radius 1 is 1.56 bits per heavy atom. The molecule has 2 heterocycles. The highest BCUT2D eigenvalue weighted by molar-refractivity contribution is 7.12. The second-order valence-corrected chi connectivity index (χ2v) is 5.63. The summed E-state index contributed by atoms with van der Waals surface area (Å²) in [5.74, 6) is 5.63. The van der Waals surface area contributed by atoms with Crippen LogP contribution in [0.4, 0.5) is 0 Å². The molecule has 0 saturated carbocycles. The molecular formula is C14H19NO2S. The number of aliphatic hydroxyl groups excluding tert-OH is 1. The van der Waals surface area contributed by atoms with Crippen LogP contribution in [0.3, 0.4) is 0 Å². The maximum Gasteiger partial charge on any atom is 0.104 e. The first kappa shape index (κ1) is 13.6. The summed E-state index contributed by atoms with van der Waals surface area (Å²) in [6.07, 6.45) is 2.76. The van der Waals surface area contributed by atoms with E-state index in [2.05, 4.69) is 22.8 Å². The lowest BCUT2D eigenvalue weighted by Crippen LogP contribution is -2.38. The van der Waals surface area contributed by atoms with E-state index in [0.29, 0.717) is 6.10 Å². The quantitative estimate of drug-likeness (QED) is 0.844. The number of nitrogens with zero attached hydrogens (tertiary/aromatic N) is 1. The van der Waals surface area contributed by atoms with Crippen LogP contribution >= 0.6 is 11.3 Å². The van der Waals surface area contributed by atoms with Crippen LogP contribution in [-0.4, -0.2) is 42.9 Å². The molecule has 1 aliphatic rings. The minimum absolute atomic E-state index is 0.0745. The summed E-state index contributed by atoms with van der Waals surface area (Å²) in [5, 5.41) is 8.66. The number of likely N-dealkylation sites (tertiary alicyclic amines) is 1. The van der Waals surface area contributed by atoms with Gasteiger partial charge in [-0.25, -0.2) is 0 Å². The van der Waals surface area contributed by atoms with Crippen LogP contribution in [-0.2, 0) is 11.3 Å². The van der Waals surface area contributed by atoms with Gasteiger partial charge in [0, 0.05) is 25.1 Å². The molecule has 2 rings (SSSR count). The number of methoxy groups -OCH3 is 1. The normalized spacial score (nSPS) is 20.4. The minimum Gasteiger partial charge on any atom is -0.384 e. The highest BCUT2D eigenvalue weighted by Gasteiger charge is 2.19. The third-order valence-electron chi connectivity index (χ3n) is 3.13. The van der Waals surface area contributed by atoms with Gasteiger partial charge in [0.05, 0.1) is 11.0 Å². The Labute approximate surface area is 112 Å². The molecule has 4 heteroatoms. The highest BCUT2D eigenvalue weighted by atomic mass is 32.1. The Hall–Kier alpha value is -0.860. The smallest absolute Gasteiger partial charge is 0.104 e. The van der Waals surface area contributed by atoms with Crippen molar-refractivity contribution in [3.05, 3.63) is 21.9 Å². The van der Waals surface area contributed by atoms with Crippen molar-refractivity contribution in [1.29, 1.82) is 0 Å². The van der Waals surface area contributed by atoms with Gasteiger partial charge in [0.1, 0.15) is 6.61 Å². The standard InChI is InChI=1S/C14H19NO2S/c1-17-12-4-2-8-15(10-12)11-14-7-6-13(18-14)5-3-9-16/h6-7,12,16H,2,4,8-11H2,1H3. The second-order valence-electron chi connectivity index (χ2n) is 4.46. The summed E-state index contributed by atoms with van der Waals surface area (Å²) in [6.45, 7) is 3.07. The van der Waals surface area contributed by atoms with Gasteiger partial charge >= 0.3 is 0 Å². The third-order valence-corrected chi connectivity index (χ3v) is 4.11. The second kappa shape index (κ2) is 6.91. The van der Waals surface area contributed by atoms with E-state index in [1.807, 2.05) is 6.07 Å². The molecule has 1 aromatic rings. The molecule has 18 heavy (non-hydrogen) atoms. The lowest BCUT2D eigenvalue weighted by Gasteiger charge is -2.31. The molecule has 1 aliphatic heterocycles. The monoisotopic (exact) mass is 265 g/mol. The van der Waals surface area contributed by atoms with Crippen molar-refractivity contribution >= 4 is 11.3 Å². The van der Waals surface area contributed by atoms with Crippen molar-refractivity contribution in [2.45, 2.75) is 25.5 Å². The summed E-state index contributed by atoms with van der Waals surface area (Å²) in [6, 6.07) is 4.16. The molecule has 1 saturated heterocycles. The molecule has 98 valence electrons. The average molecular weight is 265 g/mol. The fraction of sp³-hybridized carbons (Fsp3) is 0.571. The summed E-state index contributed by atoms with van der Waals surface area (Å²) >= 11 is 1.71. The van der Waals surface area contributed by atoms with Crippen LogP contribution < -0.4 is 0 Å². The fourth-order valence-corrected chi connectivity index (χ4v) is 3.15. The molecule has 0 bridgehead atoms. The zero-order valence-electron chi connectivity index (χ0n) is 10.7. The van der Waals surface area contributed by atoms with E-state index >= 15 is 0 Å². The number of hydrogen-bond acceptors (Lipinski definition) is 4. The molecule has 0 radical (unpaired) electrons. The van der Waals surface area contributed by atoms with Crippen molar-refractivity contribution in [3.8, 4) is 11.8 Å². The zero-order chi connectivity index (χ0) is 12.8. The first-order valence-electron chi connectivity index (χ1n) is 6.25. The molecule has 1 aromatic heterocycles. The summed E-state index contributed by atoms with van der Waals surface area (Å²) in [7, 11) is 1.79. The molecule has 0 amide bonds. The van der Waals surface area contributed by atoms with Gasteiger partial charge in [0.2, 0.25) is 0 Å². The van der Waals surface area contributed by atoms with E-state index in [0.717, 1.165) is 24.5 Å². The molecule has 0 aliphatic carbocycles. The summed E-state index contributed by atoms with van der Waals surface area (Å²) in [4.78, 5) is 4.79. The Morgan fingerprint density at radius 2 is 2.44 bits per heavy atom. The topological polar surface area (TPSA) is 32.7 Å². The van der Waals surface area contributed by atoms with Crippen LogP contribution in [0.25, 0.3) is 0 Å². The lowest BCUT2D eigenvalue weighted by molar-refractivity contribution is 0.0289. The van der Waals surface area contributed by atoms with Crippen molar-refractivity contribution in [3.63, 3.8) is 0 Å². The fourth-order valence-electron chi connectivity index (χ4n) is 2.23. The molecule has 3 nitrogen and oxygen atoms in total. The Morgan fingerprint density at radius 3 is 3.22 bits per heavy atom. The Kier molecular flexibility index (Phi) is 5.21. The van der Waals surface area contributed by atoms with Gasteiger partial charge in [0.25, 0.3) is 0 Å². The predicted octanol–water partition coefficient (Wildman–Crippen LogP) is 1.70. The maximum absolute atomic E-state index is 8.66. The summed E-state index contributed by atoms with van der Waals surface area (Å²) < 4.78 is 5.43. The largest absolute Gasteiger partial charge is 0.384 e. The Bertz CT molecular complexity index is 432. The van der Waals surface area contributed by atoms with Crippen LogP contribution in [0.2, 0.25) is 0 Å². The molecule has 1 unspecified atom stereocenters. The summed E-state index contributed by atoms with van der Waals surface area (Å²) in [5.41, 5.74) is 0. The van der Waals surface area contributed by atoms with Crippen LogP contribution in [0.1, 0.15) is 22.6 Å². The van der Waals surface area contributed by atoms with Gasteiger partial charge in [0.15, 0.2) is 0 Å². The van der Waals surface area contributed by atoms with Crippen molar-refractivity contribution < 1.29 is 9.84 Å². The third kappa shape index (κ3) is 3.82. The van der Waals surface area contributed by atoms with E-state index in [1.165, 1.54) is 17.7 Å². The van der Waals surface area contributed by atoms with Gasteiger partial charge in [-0.05, 0) is 31.5 Å². The molecule has 1 fully saturated rings. The van der Waals surface area contributed by atoms with Crippen molar-refractivity contribution in [2.24, 2.45) is 0 Å². The minimum atomic E-state index is -0.0745. The van der Waals surface area contributed by atoms with E-state index in [4.69, 9.17) is 9.84 Å². The van der Waals surface area contributed by atoms with Crippen molar-refractivity contribution in [1.82, 2.24) is 4.90 Å². The number of piperidine rings is 1. The van der Waals surface area contributed by atoms with E-state index in [9.17, 15) is 0 Å². The highest BCUT2D eigenvalue weighted by Crippen LogP contribution is 2.20. The molecule has 0 spiro atoms. The Balaban J connectivity index is 1.90. The lowest BCUT2D eigenvalue weighted by atomic mass is 10.1. The number of thiophene rings is 1. The number of aliphatic hydroxyl groups is 1. The van der Waals surface area contributed by atoms with Gasteiger partial charge < -0.3 is 9.84 Å². The molecule has 1 N–H and O–H groups in total.